The van der Waals surface area contributed by atoms with Gasteiger partial charge < -0.3 is 9.47 Å². The van der Waals surface area contributed by atoms with Crippen molar-refractivity contribution in [2.75, 3.05) is 0 Å². The molecule has 0 amide bonds. The van der Waals surface area contributed by atoms with Crippen LogP contribution >= 0.6 is 0 Å². The van der Waals surface area contributed by atoms with Crippen molar-refractivity contribution in [2.45, 2.75) is 142 Å². The van der Waals surface area contributed by atoms with Gasteiger partial charge in [-0.25, -0.2) is 0 Å². The average Bonchev–Trinajstić information content (AvgIpc) is 2.68. The van der Waals surface area contributed by atoms with E-state index >= 15 is 0 Å². The Morgan fingerprint density at radius 1 is 0.643 bits per heavy atom. The third-order valence-electron chi connectivity index (χ3n) is 5.67. The lowest BCUT2D eigenvalue weighted by atomic mass is 10.0. The third-order valence-corrected chi connectivity index (χ3v) is 5.67. The van der Waals surface area contributed by atoms with Crippen LogP contribution in [0, 0.1) is 0 Å². The summed E-state index contributed by atoms with van der Waals surface area (Å²) in [7, 11) is 0. The molecular weight excluding hydrogens is 352 g/mol. The second-order valence-electron chi connectivity index (χ2n) is 8.41. The van der Waals surface area contributed by atoms with Crippen LogP contribution in [-0.4, -0.2) is 24.1 Å². The molecule has 0 saturated carbocycles. The van der Waals surface area contributed by atoms with Crippen molar-refractivity contribution < 1.29 is 19.1 Å². The van der Waals surface area contributed by atoms with Gasteiger partial charge in [0.1, 0.15) is 12.2 Å². The molecule has 2 rings (SSSR count). The summed E-state index contributed by atoms with van der Waals surface area (Å²) in [6.45, 7) is 4.45. The molecule has 2 aliphatic rings. The number of rotatable bonds is 12. The molecule has 2 atom stereocenters. The fraction of sp³-hybridized carbons (Fsp3) is 0.917. The van der Waals surface area contributed by atoms with Crippen LogP contribution in [0.2, 0.25) is 0 Å². The summed E-state index contributed by atoms with van der Waals surface area (Å²) in [6.07, 6.45) is 21.1. The highest BCUT2D eigenvalue weighted by Gasteiger charge is 2.20. The molecule has 164 valence electrons. The van der Waals surface area contributed by atoms with Gasteiger partial charge in [0.05, 0.1) is 0 Å². The molecule has 0 aromatic heterocycles. The number of unbranched alkanes of at least 4 members (excludes halogenated alkanes) is 8. The van der Waals surface area contributed by atoms with E-state index in [1.54, 1.807) is 0 Å². The predicted molar refractivity (Wildman–Crippen MR) is 114 cm³/mol. The Labute approximate surface area is 173 Å². The minimum atomic E-state index is 0.00908. The second kappa shape index (κ2) is 16.9. The zero-order valence-corrected chi connectivity index (χ0v) is 18.5. The topological polar surface area (TPSA) is 52.6 Å². The smallest absolute Gasteiger partial charge is 0.306 e. The first kappa shape index (κ1) is 25.0. The van der Waals surface area contributed by atoms with Crippen LogP contribution in [0.1, 0.15) is 129 Å². The monoisotopic (exact) mass is 396 g/mol. The molecule has 0 aromatic carbocycles. The number of carbonyl (C=O) groups excluding carboxylic acids is 2. The average molecular weight is 397 g/mol. The molecule has 0 aliphatic carbocycles. The first-order valence-corrected chi connectivity index (χ1v) is 12.0. The molecule has 0 spiro atoms. The van der Waals surface area contributed by atoms with Gasteiger partial charge in [-0.3, -0.25) is 9.59 Å². The molecule has 2 aliphatic heterocycles. The summed E-state index contributed by atoms with van der Waals surface area (Å²) < 4.78 is 10.5. The molecule has 0 aromatic rings. The Bertz CT molecular complexity index is 369. The van der Waals surface area contributed by atoms with Crippen molar-refractivity contribution >= 4 is 11.9 Å². The van der Waals surface area contributed by atoms with Gasteiger partial charge in [0.2, 0.25) is 0 Å². The van der Waals surface area contributed by atoms with Gasteiger partial charge in [-0.15, -0.1) is 0 Å². The van der Waals surface area contributed by atoms with Crippen LogP contribution in [0.4, 0.5) is 0 Å². The first-order valence-electron chi connectivity index (χ1n) is 12.0. The lowest BCUT2D eigenvalue weighted by molar-refractivity contribution is -0.155. The second-order valence-corrected chi connectivity index (χ2v) is 8.41. The minimum absolute atomic E-state index is 0.00908. The zero-order chi connectivity index (χ0) is 20.5. The molecule has 28 heavy (non-hydrogen) atoms. The molecule has 2 fully saturated rings. The SMILES string of the molecule is CCCCCCCC1CCCC(=O)O1.CCCCCCCC1CCCC(=O)O1. The lowest BCUT2D eigenvalue weighted by Gasteiger charge is -2.21. The van der Waals surface area contributed by atoms with Gasteiger partial charge in [0.25, 0.3) is 0 Å². The molecule has 4 nitrogen and oxygen atoms in total. The maximum absolute atomic E-state index is 11.0. The number of cyclic esters (lactones) is 2. The Kier molecular flexibility index (Phi) is 15.0. The van der Waals surface area contributed by atoms with E-state index in [0.717, 1.165) is 38.5 Å². The number of hydrogen-bond acceptors (Lipinski definition) is 4. The van der Waals surface area contributed by atoms with Crippen molar-refractivity contribution in [1.29, 1.82) is 0 Å². The van der Waals surface area contributed by atoms with Crippen LogP contribution in [0.15, 0.2) is 0 Å². The fourth-order valence-electron chi connectivity index (χ4n) is 3.91. The molecule has 2 heterocycles. The third kappa shape index (κ3) is 13.2. The fourth-order valence-corrected chi connectivity index (χ4v) is 3.91. The largest absolute Gasteiger partial charge is 0.462 e. The maximum Gasteiger partial charge on any atom is 0.306 e. The Morgan fingerprint density at radius 2 is 1.04 bits per heavy atom. The molecule has 0 N–H and O–H groups in total. The summed E-state index contributed by atoms with van der Waals surface area (Å²) in [5.41, 5.74) is 0. The molecular formula is C24H44O4. The molecule has 2 unspecified atom stereocenters. The standard InChI is InChI=1S/2C12H22O2/c2*1-2-3-4-5-6-8-11-9-7-10-12(13)14-11/h2*11H,2-10H2,1H3. The summed E-state index contributed by atoms with van der Waals surface area (Å²) in [6, 6.07) is 0. The molecule has 2 saturated heterocycles. The highest BCUT2D eigenvalue weighted by atomic mass is 16.5. The van der Waals surface area contributed by atoms with Crippen LogP contribution in [0.5, 0.6) is 0 Å². The molecule has 0 radical (unpaired) electrons. The quantitative estimate of drug-likeness (QED) is 0.266. The van der Waals surface area contributed by atoms with E-state index in [2.05, 4.69) is 13.8 Å². The van der Waals surface area contributed by atoms with Gasteiger partial charge in [-0.05, 0) is 51.4 Å². The Morgan fingerprint density at radius 3 is 1.39 bits per heavy atom. The number of esters is 2. The van der Waals surface area contributed by atoms with Crippen molar-refractivity contribution in [3.8, 4) is 0 Å². The van der Waals surface area contributed by atoms with E-state index in [0.29, 0.717) is 12.8 Å². The van der Waals surface area contributed by atoms with Crippen LogP contribution < -0.4 is 0 Å². The van der Waals surface area contributed by atoms with Crippen LogP contribution in [0.25, 0.3) is 0 Å². The summed E-state index contributed by atoms with van der Waals surface area (Å²) >= 11 is 0. The summed E-state index contributed by atoms with van der Waals surface area (Å²) in [5.74, 6) is 0.0182. The van der Waals surface area contributed by atoms with Gasteiger partial charge in [-0.1, -0.05) is 65.2 Å². The summed E-state index contributed by atoms with van der Waals surface area (Å²) in [4.78, 5) is 22.0. The van der Waals surface area contributed by atoms with Gasteiger partial charge in [0, 0.05) is 12.8 Å². The lowest BCUT2D eigenvalue weighted by Crippen LogP contribution is -2.23. The van der Waals surface area contributed by atoms with Crippen molar-refractivity contribution in [2.24, 2.45) is 0 Å². The normalized spacial score (nSPS) is 22.1. The number of ether oxygens (including phenoxy) is 2. The van der Waals surface area contributed by atoms with E-state index in [9.17, 15) is 9.59 Å². The zero-order valence-electron chi connectivity index (χ0n) is 18.5. The highest BCUT2D eigenvalue weighted by molar-refractivity contribution is 5.70. The van der Waals surface area contributed by atoms with Crippen molar-refractivity contribution in [3.05, 3.63) is 0 Å². The van der Waals surface area contributed by atoms with Crippen molar-refractivity contribution in [3.63, 3.8) is 0 Å². The van der Waals surface area contributed by atoms with E-state index < -0.39 is 0 Å². The number of hydrogen-bond donors (Lipinski definition) is 0. The van der Waals surface area contributed by atoms with E-state index in [1.807, 2.05) is 0 Å². The first-order chi connectivity index (χ1) is 13.7. The maximum atomic E-state index is 11.0. The van der Waals surface area contributed by atoms with Crippen LogP contribution in [0.3, 0.4) is 0 Å². The van der Waals surface area contributed by atoms with E-state index in [1.165, 1.54) is 64.2 Å². The predicted octanol–water partition coefficient (Wildman–Crippen LogP) is 6.89. The highest BCUT2D eigenvalue weighted by Crippen LogP contribution is 2.20. The summed E-state index contributed by atoms with van der Waals surface area (Å²) in [5, 5.41) is 0. The number of carbonyl (C=O) groups is 2. The van der Waals surface area contributed by atoms with E-state index in [-0.39, 0.29) is 24.1 Å². The van der Waals surface area contributed by atoms with Gasteiger partial charge in [0.15, 0.2) is 0 Å². The van der Waals surface area contributed by atoms with E-state index in [4.69, 9.17) is 9.47 Å². The minimum Gasteiger partial charge on any atom is -0.462 e. The molecule has 4 heteroatoms. The molecule has 0 bridgehead atoms. The Hall–Kier alpha value is -1.06. The van der Waals surface area contributed by atoms with Crippen LogP contribution in [-0.2, 0) is 19.1 Å². The van der Waals surface area contributed by atoms with Gasteiger partial charge in [-0.2, -0.15) is 0 Å². The Balaban J connectivity index is 0.000000280. The van der Waals surface area contributed by atoms with Crippen molar-refractivity contribution in [1.82, 2.24) is 0 Å². The van der Waals surface area contributed by atoms with Gasteiger partial charge >= 0.3 is 11.9 Å².